The molecule has 0 saturated heterocycles. The van der Waals surface area contributed by atoms with Crippen molar-refractivity contribution in [1.29, 1.82) is 0 Å². The van der Waals surface area contributed by atoms with Gasteiger partial charge >= 0.3 is 0 Å². The Bertz CT molecular complexity index is 617. The molecule has 24 heavy (non-hydrogen) atoms. The standard InChI is InChI=1S/C20H28O4/c1-11(9-21)14-4-5-20(3)8-16-12(2)18(23)19(24)15(16)6-13(10-22)7-17(14)20/h6,10-12,15-16,18,21,23H,4-5,7-9H2,1-3H3/b13-6+/t11?,12-,15-,16+,18-,20-/m0/s1. The van der Waals surface area contributed by atoms with Gasteiger partial charge in [0, 0.05) is 18.4 Å². The van der Waals surface area contributed by atoms with Crippen LogP contribution in [-0.2, 0) is 9.59 Å². The second-order valence-electron chi connectivity index (χ2n) is 8.28. The Morgan fingerprint density at radius 2 is 2.17 bits per heavy atom. The van der Waals surface area contributed by atoms with E-state index in [9.17, 15) is 19.8 Å². The zero-order valence-electron chi connectivity index (χ0n) is 14.8. The quantitative estimate of drug-likeness (QED) is 0.615. The summed E-state index contributed by atoms with van der Waals surface area (Å²) in [6, 6.07) is 0. The average Bonchev–Trinajstić information content (AvgIpc) is 2.96. The van der Waals surface area contributed by atoms with Gasteiger partial charge in [-0.2, -0.15) is 0 Å². The number of aldehydes is 1. The zero-order chi connectivity index (χ0) is 17.6. The van der Waals surface area contributed by atoms with Gasteiger partial charge in [0.2, 0.25) is 0 Å². The normalized spacial score (nSPS) is 42.7. The third-order valence-electron chi connectivity index (χ3n) is 6.80. The van der Waals surface area contributed by atoms with Crippen molar-refractivity contribution in [3.05, 3.63) is 22.8 Å². The summed E-state index contributed by atoms with van der Waals surface area (Å²) in [5.74, 6) is -0.371. The third kappa shape index (κ3) is 2.60. The lowest BCUT2D eigenvalue weighted by Crippen LogP contribution is -2.28. The number of Topliss-reactive ketones (excluding diaryl/α,β-unsaturated/α-hetero) is 1. The molecule has 3 rings (SSSR count). The molecule has 0 aromatic carbocycles. The van der Waals surface area contributed by atoms with Crippen LogP contribution in [0.2, 0.25) is 0 Å². The predicted octanol–water partition coefficient (Wildman–Crippen LogP) is 2.44. The molecule has 0 spiro atoms. The van der Waals surface area contributed by atoms with Crippen molar-refractivity contribution in [2.75, 3.05) is 6.61 Å². The van der Waals surface area contributed by atoms with Crippen LogP contribution in [0.15, 0.2) is 22.8 Å². The predicted molar refractivity (Wildman–Crippen MR) is 91.2 cm³/mol. The SMILES string of the molecule is CC(CO)C1=C2C/C(C=O)=C\[C@@H]3C(=O)[C@@H](O)[C@@H](C)[C@H]3C[C@]2(C)CC1. The second-order valence-corrected chi connectivity index (χ2v) is 8.28. The molecule has 1 saturated carbocycles. The fraction of sp³-hybridized carbons (Fsp3) is 0.700. The summed E-state index contributed by atoms with van der Waals surface area (Å²) in [6.07, 6.45) is 5.12. The van der Waals surface area contributed by atoms with Crippen molar-refractivity contribution in [3.8, 4) is 0 Å². The minimum absolute atomic E-state index is 0.0528. The van der Waals surface area contributed by atoms with Crippen LogP contribution in [0.1, 0.15) is 46.5 Å². The van der Waals surface area contributed by atoms with Gasteiger partial charge in [0.15, 0.2) is 5.78 Å². The number of ketones is 1. The number of carbonyl (C=O) groups is 2. The topological polar surface area (TPSA) is 74.6 Å². The summed E-state index contributed by atoms with van der Waals surface area (Å²) in [4.78, 5) is 24.0. The van der Waals surface area contributed by atoms with Crippen LogP contribution in [0.3, 0.4) is 0 Å². The molecule has 3 aliphatic carbocycles. The second kappa shape index (κ2) is 6.23. The molecule has 1 fully saturated rings. The first-order valence-corrected chi connectivity index (χ1v) is 9.03. The van der Waals surface area contributed by atoms with E-state index in [1.807, 2.05) is 13.8 Å². The fourth-order valence-corrected chi connectivity index (χ4v) is 5.15. The van der Waals surface area contributed by atoms with E-state index in [2.05, 4.69) is 6.92 Å². The van der Waals surface area contributed by atoms with Gasteiger partial charge in [-0.1, -0.05) is 38.0 Å². The lowest BCUT2D eigenvalue weighted by Gasteiger charge is -2.36. The first kappa shape index (κ1) is 17.6. The first-order chi connectivity index (χ1) is 11.3. The van der Waals surface area contributed by atoms with Crippen molar-refractivity contribution in [1.82, 2.24) is 0 Å². The Kier molecular flexibility index (Phi) is 4.56. The summed E-state index contributed by atoms with van der Waals surface area (Å²) < 4.78 is 0. The van der Waals surface area contributed by atoms with Crippen LogP contribution in [-0.4, -0.2) is 35.0 Å². The Hall–Kier alpha value is -1.26. The van der Waals surface area contributed by atoms with Crippen LogP contribution in [0.25, 0.3) is 0 Å². The molecule has 0 heterocycles. The number of fused-ring (bicyclic) bond motifs is 2. The number of rotatable bonds is 3. The van der Waals surface area contributed by atoms with E-state index in [1.165, 1.54) is 11.1 Å². The molecule has 1 unspecified atom stereocenters. The molecule has 132 valence electrons. The summed E-state index contributed by atoms with van der Waals surface area (Å²) in [5, 5.41) is 19.8. The lowest BCUT2D eigenvalue weighted by molar-refractivity contribution is -0.127. The Balaban J connectivity index is 2.09. The average molecular weight is 332 g/mol. The maximum atomic E-state index is 12.4. The highest BCUT2D eigenvalue weighted by Gasteiger charge is 2.51. The van der Waals surface area contributed by atoms with E-state index in [1.54, 1.807) is 6.08 Å². The molecule has 6 atom stereocenters. The Labute approximate surface area is 143 Å². The molecule has 3 aliphatic rings. The third-order valence-corrected chi connectivity index (χ3v) is 6.80. The largest absolute Gasteiger partial charge is 0.396 e. The zero-order valence-corrected chi connectivity index (χ0v) is 14.8. The first-order valence-electron chi connectivity index (χ1n) is 9.03. The van der Waals surface area contributed by atoms with Crippen LogP contribution in [0, 0.1) is 29.1 Å². The van der Waals surface area contributed by atoms with Gasteiger partial charge in [0.05, 0.1) is 0 Å². The van der Waals surface area contributed by atoms with Crippen molar-refractivity contribution in [2.45, 2.75) is 52.6 Å². The summed E-state index contributed by atoms with van der Waals surface area (Å²) in [6.45, 7) is 6.33. The molecule has 0 aromatic rings. The number of aliphatic hydroxyl groups excluding tert-OH is 2. The maximum Gasteiger partial charge on any atom is 0.168 e. The van der Waals surface area contributed by atoms with E-state index < -0.39 is 6.10 Å². The summed E-state index contributed by atoms with van der Waals surface area (Å²) >= 11 is 0. The minimum Gasteiger partial charge on any atom is -0.396 e. The van der Waals surface area contributed by atoms with Crippen molar-refractivity contribution in [3.63, 3.8) is 0 Å². The van der Waals surface area contributed by atoms with Gasteiger partial charge < -0.3 is 10.2 Å². The molecule has 0 aliphatic heterocycles. The van der Waals surface area contributed by atoms with Crippen molar-refractivity contribution < 1.29 is 19.8 Å². The highest BCUT2D eigenvalue weighted by atomic mass is 16.3. The van der Waals surface area contributed by atoms with Gasteiger partial charge in [-0.15, -0.1) is 0 Å². The van der Waals surface area contributed by atoms with E-state index in [0.717, 1.165) is 25.5 Å². The van der Waals surface area contributed by atoms with Crippen molar-refractivity contribution in [2.24, 2.45) is 29.1 Å². The van der Waals surface area contributed by atoms with Gasteiger partial charge in [-0.05, 0) is 48.5 Å². The van der Waals surface area contributed by atoms with E-state index in [0.29, 0.717) is 12.0 Å². The maximum absolute atomic E-state index is 12.4. The number of hydrogen-bond acceptors (Lipinski definition) is 4. The van der Waals surface area contributed by atoms with Crippen LogP contribution >= 0.6 is 0 Å². The van der Waals surface area contributed by atoms with Crippen molar-refractivity contribution >= 4 is 12.1 Å². The molecule has 4 nitrogen and oxygen atoms in total. The van der Waals surface area contributed by atoms with Gasteiger partial charge in [-0.3, -0.25) is 9.59 Å². The highest BCUT2D eigenvalue weighted by Crippen LogP contribution is 2.55. The lowest BCUT2D eigenvalue weighted by atomic mass is 9.67. The van der Waals surface area contributed by atoms with Gasteiger partial charge in [0.1, 0.15) is 12.4 Å². The van der Waals surface area contributed by atoms with Crippen LogP contribution in [0.4, 0.5) is 0 Å². The molecule has 0 bridgehead atoms. The highest BCUT2D eigenvalue weighted by molar-refractivity contribution is 5.91. The summed E-state index contributed by atoms with van der Waals surface area (Å²) in [5.41, 5.74) is 3.15. The van der Waals surface area contributed by atoms with Crippen LogP contribution < -0.4 is 0 Å². The monoisotopic (exact) mass is 332 g/mol. The van der Waals surface area contributed by atoms with Gasteiger partial charge in [-0.25, -0.2) is 0 Å². The van der Waals surface area contributed by atoms with Crippen LogP contribution in [0.5, 0.6) is 0 Å². The number of hydrogen-bond donors (Lipinski definition) is 2. The Morgan fingerprint density at radius 3 is 2.79 bits per heavy atom. The Morgan fingerprint density at radius 1 is 1.46 bits per heavy atom. The summed E-state index contributed by atoms with van der Waals surface area (Å²) in [7, 11) is 0. The van der Waals surface area contributed by atoms with E-state index in [-0.39, 0.29) is 41.5 Å². The molecule has 4 heteroatoms. The number of aliphatic hydroxyl groups is 2. The minimum atomic E-state index is -0.921. The fourth-order valence-electron chi connectivity index (χ4n) is 5.15. The smallest absolute Gasteiger partial charge is 0.168 e. The molecule has 0 aromatic heterocycles. The van der Waals surface area contributed by atoms with E-state index >= 15 is 0 Å². The molecule has 0 amide bonds. The number of allylic oxidation sites excluding steroid dienone is 3. The van der Waals surface area contributed by atoms with E-state index in [4.69, 9.17) is 0 Å². The molecule has 0 radical (unpaired) electrons. The molecule has 2 N–H and O–H groups in total. The number of carbonyl (C=O) groups excluding carboxylic acids is 2. The molecular weight excluding hydrogens is 304 g/mol. The van der Waals surface area contributed by atoms with Gasteiger partial charge in [0.25, 0.3) is 0 Å². The molecular formula is C20H28O4.